The molecule has 1 aromatic heterocycles. The zero-order valence-corrected chi connectivity index (χ0v) is 17.1. The number of anilines is 2. The van der Waals surface area contributed by atoms with Gasteiger partial charge in [0.25, 0.3) is 10.0 Å². The molecule has 0 saturated carbocycles. The van der Waals surface area contributed by atoms with Crippen LogP contribution in [0.4, 0.5) is 11.5 Å². The Bertz CT molecular complexity index is 1030. The minimum absolute atomic E-state index is 0.0267. The first kappa shape index (κ1) is 20.8. The second-order valence-electron chi connectivity index (χ2n) is 7.28. The molecule has 9 heteroatoms. The third-order valence-corrected chi connectivity index (χ3v) is 6.27. The number of carbonyl (C=O) groups is 2. The van der Waals surface area contributed by atoms with Gasteiger partial charge in [-0.05, 0) is 43.9 Å². The van der Waals surface area contributed by atoms with Crippen LogP contribution in [0.3, 0.4) is 0 Å². The van der Waals surface area contributed by atoms with Crippen molar-refractivity contribution in [1.82, 2.24) is 4.98 Å². The van der Waals surface area contributed by atoms with Crippen molar-refractivity contribution in [2.75, 3.05) is 22.7 Å². The van der Waals surface area contributed by atoms with E-state index in [1.807, 2.05) is 4.90 Å². The standard InChI is InChI=1S/C20H23N3O5S/c1-13-4-3-9-23(12-13)19-18(10-16(11-21-19)20(25)26)22-29(27,28)17-7-5-15(6-8-17)14(2)24/h5-8,10-11,13,22H,3-4,9,12H2,1-2H3,(H,25,26)/t13-/m1/s1. The van der Waals surface area contributed by atoms with Crippen LogP contribution in [-0.2, 0) is 10.0 Å². The molecule has 0 amide bonds. The lowest BCUT2D eigenvalue weighted by Gasteiger charge is -2.33. The summed E-state index contributed by atoms with van der Waals surface area (Å²) in [6.45, 7) is 4.93. The van der Waals surface area contributed by atoms with Crippen LogP contribution in [0.25, 0.3) is 0 Å². The Hall–Kier alpha value is -2.94. The topological polar surface area (TPSA) is 117 Å². The Kier molecular flexibility index (Phi) is 5.88. The van der Waals surface area contributed by atoms with Gasteiger partial charge in [0.1, 0.15) is 0 Å². The molecule has 0 radical (unpaired) electrons. The number of aromatic carboxylic acids is 1. The highest BCUT2D eigenvalue weighted by Crippen LogP contribution is 2.30. The Morgan fingerprint density at radius 2 is 1.90 bits per heavy atom. The average molecular weight is 417 g/mol. The fraction of sp³-hybridized carbons (Fsp3) is 0.350. The van der Waals surface area contributed by atoms with Gasteiger partial charge in [-0.25, -0.2) is 18.2 Å². The van der Waals surface area contributed by atoms with Gasteiger partial charge in [-0.3, -0.25) is 9.52 Å². The maximum absolute atomic E-state index is 12.9. The summed E-state index contributed by atoms with van der Waals surface area (Å²) in [6.07, 6.45) is 3.26. The molecule has 2 N–H and O–H groups in total. The number of Topliss-reactive ketones (excluding diaryl/α,β-unsaturated/α-hetero) is 1. The van der Waals surface area contributed by atoms with Crippen LogP contribution in [0.2, 0.25) is 0 Å². The number of rotatable bonds is 6. The van der Waals surface area contributed by atoms with Crippen molar-refractivity contribution >= 4 is 33.3 Å². The van der Waals surface area contributed by atoms with Gasteiger partial charge in [0.2, 0.25) is 0 Å². The molecule has 8 nitrogen and oxygen atoms in total. The number of nitrogens with one attached hydrogen (secondary N) is 1. The number of aromatic nitrogens is 1. The summed E-state index contributed by atoms with van der Waals surface area (Å²) in [4.78, 5) is 29.0. The number of pyridine rings is 1. The van der Waals surface area contributed by atoms with E-state index < -0.39 is 16.0 Å². The van der Waals surface area contributed by atoms with Crippen molar-refractivity contribution in [2.45, 2.75) is 31.6 Å². The lowest BCUT2D eigenvalue weighted by molar-refractivity contribution is 0.0696. The highest BCUT2D eigenvalue weighted by atomic mass is 32.2. The monoisotopic (exact) mass is 417 g/mol. The van der Waals surface area contributed by atoms with Crippen molar-refractivity contribution in [3.05, 3.63) is 47.7 Å². The number of hydrogen-bond acceptors (Lipinski definition) is 6. The molecule has 2 heterocycles. The first-order chi connectivity index (χ1) is 13.7. The van der Waals surface area contributed by atoms with E-state index in [0.717, 1.165) is 12.8 Å². The molecule has 154 valence electrons. The molecular formula is C20H23N3O5S. The number of piperidine rings is 1. The van der Waals surface area contributed by atoms with Gasteiger partial charge < -0.3 is 10.0 Å². The summed E-state index contributed by atoms with van der Waals surface area (Å²) in [7, 11) is -3.99. The van der Waals surface area contributed by atoms with Crippen LogP contribution >= 0.6 is 0 Å². The smallest absolute Gasteiger partial charge is 0.337 e. The van der Waals surface area contributed by atoms with Crippen LogP contribution in [0.5, 0.6) is 0 Å². The van der Waals surface area contributed by atoms with Crippen molar-refractivity contribution < 1.29 is 23.1 Å². The van der Waals surface area contributed by atoms with Gasteiger partial charge in [0, 0.05) is 24.8 Å². The summed E-state index contributed by atoms with van der Waals surface area (Å²) in [5, 5.41) is 9.29. The molecule has 2 aromatic rings. The summed E-state index contributed by atoms with van der Waals surface area (Å²) in [5.74, 6) is -0.525. The maximum atomic E-state index is 12.9. The number of carboxylic acids is 1. The van der Waals surface area contributed by atoms with Gasteiger partial charge in [0.05, 0.1) is 16.1 Å². The van der Waals surface area contributed by atoms with Gasteiger partial charge in [0.15, 0.2) is 11.6 Å². The molecule has 1 atom stereocenters. The molecule has 1 saturated heterocycles. The first-order valence-corrected chi connectivity index (χ1v) is 10.8. The predicted octanol–water partition coefficient (Wildman–Crippen LogP) is 3.02. The van der Waals surface area contributed by atoms with Gasteiger partial charge in [-0.15, -0.1) is 0 Å². The number of nitrogens with zero attached hydrogens (tertiary/aromatic N) is 2. The van der Waals surface area contributed by atoms with Gasteiger partial charge in [-0.2, -0.15) is 0 Å². The number of ketones is 1. The lowest BCUT2D eigenvalue weighted by atomic mass is 10.0. The third kappa shape index (κ3) is 4.73. The zero-order chi connectivity index (χ0) is 21.2. The molecular weight excluding hydrogens is 394 g/mol. The molecule has 0 unspecified atom stereocenters. The van der Waals surface area contributed by atoms with Gasteiger partial charge in [-0.1, -0.05) is 19.1 Å². The minimum Gasteiger partial charge on any atom is -0.478 e. The molecule has 0 bridgehead atoms. The van der Waals surface area contributed by atoms with Crippen molar-refractivity contribution in [1.29, 1.82) is 0 Å². The fourth-order valence-corrected chi connectivity index (χ4v) is 4.41. The molecule has 1 fully saturated rings. The zero-order valence-electron chi connectivity index (χ0n) is 16.3. The molecule has 3 rings (SSSR count). The second kappa shape index (κ2) is 8.20. The molecule has 1 aliphatic rings. The van der Waals surface area contributed by atoms with E-state index >= 15 is 0 Å². The van der Waals surface area contributed by atoms with Crippen LogP contribution in [0.15, 0.2) is 41.4 Å². The van der Waals surface area contributed by atoms with E-state index in [-0.39, 0.29) is 21.9 Å². The first-order valence-electron chi connectivity index (χ1n) is 9.29. The fourth-order valence-electron chi connectivity index (χ4n) is 3.36. The van der Waals surface area contributed by atoms with Crippen LogP contribution < -0.4 is 9.62 Å². The van der Waals surface area contributed by atoms with Crippen LogP contribution in [0, 0.1) is 5.92 Å². The maximum Gasteiger partial charge on any atom is 0.337 e. The van der Waals surface area contributed by atoms with Crippen molar-refractivity contribution in [3.8, 4) is 0 Å². The quantitative estimate of drug-likeness (QED) is 0.694. The van der Waals surface area contributed by atoms with Crippen LogP contribution in [0.1, 0.15) is 47.4 Å². The SMILES string of the molecule is CC(=O)c1ccc(S(=O)(=O)Nc2cc(C(=O)O)cnc2N2CCC[C@@H](C)C2)cc1. The minimum atomic E-state index is -3.99. The normalized spacial score (nSPS) is 17.0. The summed E-state index contributed by atoms with van der Waals surface area (Å²) >= 11 is 0. The Balaban J connectivity index is 1.97. The van der Waals surface area contributed by atoms with E-state index in [1.165, 1.54) is 43.5 Å². The molecule has 29 heavy (non-hydrogen) atoms. The van der Waals surface area contributed by atoms with E-state index in [2.05, 4.69) is 16.6 Å². The number of hydrogen-bond donors (Lipinski definition) is 2. The molecule has 0 spiro atoms. The molecule has 0 aliphatic carbocycles. The number of sulfonamides is 1. The van der Waals surface area contributed by atoms with E-state index in [1.54, 1.807) is 0 Å². The van der Waals surface area contributed by atoms with Crippen LogP contribution in [-0.4, -0.2) is 43.4 Å². The average Bonchev–Trinajstić information content (AvgIpc) is 2.67. The number of carbonyl (C=O) groups excluding carboxylic acids is 1. The number of benzene rings is 1. The highest BCUT2D eigenvalue weighted by Gasteiger charge is 2.24. The Morgan fingerprint density at radius 1 is 1.21 bits per heavy atom. The summed E-state index contributed by atoms with van der Waals surface area (Å²) < 4.78 is 28.2. The predicted molar refractivity (Wildman–Crippen MR) is 109 cm³/mol. The van der Waals surface area contributed by atoms with E-state index in [9.17, 15) is 23.1 Å². The summed E-state index contributed by atoms with van der Waals surface area (Å²) in [5.41, 5.74) is 0.416. The summed E-state index contributed by atoms with van der Waals surface area (Å²) in [6, 6.07) is 6.85. The highest BCUT2D eigenvalue weighted by molar-refractivity contribution is 7.92. The van der Waals surface area contributed by atoms with E-state index in [0.29, 0.717) is 30.4 Å². The largest absolute Gasteiger partial charge is 0.478 e. The number of carboxylic acid groups (broad SMARTS) is 1. The van der Waals surface area contributed by atoms with E-state index in [4.69, 9.17) is 0 Å². The lowest BCUT2D eigenvalue weighted by Crippen LogP contribution is -2.35. The molecule has 1 aromatic carbocycles. The Labute approximate surface area is 169 Å². The van der Waals surface area contributed by atoms with Gasteiger partial charge >= 0.3 is 5.97 Å². The third-order valence-electron chi connectivity index (χ3n) is 4.89. The van der Waals surface area contributed by atoms with Crippen molar-refractivity contribution in [2.24, 2.45) is 5.92 Å². The molecule has 1 aliphatic heterocycles. The Morgan fingerprint density at radius 3 is 2.48 bits per heavy atom. The second-order valence-corrected chi connectivity index (χ2v) is 8.96. The van der Waals surface area contributed by atoms with Crippen molar-refractivity contribution in [3.63, 3.8) is 0 Å².